The average molecular weight is 428 g/mol. The fraction of sp³-hybridized carbons (Fsp3) is 0.391. The lowest BCUT2D eigenvalue weighted by Gasteiger charge is -2.18. The molecule has 2 aromatic rings. The van der Waals surface area contributed by atoms with Crippen LogP contribution in [0, 0.1) is 0 Å². The Morgan fingerprint density at radius 1 is 0.935 bits per heavy atom. The number of rotatable bonds is 8. The van der Waals surface area contributed by atoms with Gasteiger partial charge in [0.15, 0.2) is 11.5 Å². The number of carbonyl (C=O) groups is 2. The third-order valence-electron chi connectivity index (χ3n) is 5.15. The number of nitrogens with one attached hydrogen (secondary N) is 3. The molecule has 0 unspecified atom stereocenters. The van der Waals surface area contributed by atoms with Gasteiger partial charge in [0.25, 0.3) is 0 Å². The highest BCUT2D eigenvalue weighted by atomic mass is 16.5. The van der Waals surface area contributed by atoms with Crippen molar-refractivity contribution in [3.8, 4) is 23.0 Å². The Kier molecular flexibility index (Phi) is 7.59. The molecule has 1 saturated carbocycles. The topological polar surface area (TPSA) is 97.9 Å². The maximum atomic E-state index is 12.4. The molecule has 3 N–H and O–H groups in total. The summed E-state index contributed by atoms with van der Waals surface area (Å²) in [5.74, 6) is 1.97. The summed E-state index contributed by atoms with van der Waals surface area (Å²) in [5, 5.41) is 8.33. The first-order valence-corrected chi connectivity index (χ1v) is 10.4. The number of anilines is 1. The Bertz CT molecular complexity index is 895. The van der Waals surface area contributed by atoms with Crippen molar-refractivity contribution in [2.45, 2.75) is 44.7 Å². The number of carbonyl (C=O) groups excluding carboxylic acids is 2. The fourth-order valence-corrected chi connectivity index (χ4v) is 3.44. The summed E-state index contributed by atoms with van der Waals surface area (Å²) in [6.45, 7) is 1.69. The predicted molar refractivity (Wildman–Crippen MR) is 118 cm³/mol. The molecule has 0 heterocycles. The molecule has 1 atom stereocenters. The molecule has 0 spiro atoms. The number of hydrogen-bond donors (Lipinski definition) is 3. The van der Waals surface area contributed by atoms with E-state index in [2.05, 4.69) is 16.0 Å². The van der Waals surface area contributed by atoms with E-state index < -0.39 is 18.0 Å². The highest BCUT2D eigenvalue weighted by Gasteiger charge is 2.20. The van der Waals surface area contributed by atoms with E-state index in [4.69, 9.17) is 14.2 Å². The maximum absolute atomic E-state index is 12.4. The molecule has 8 heteroatoms. The van der Waals surface area contributed by atoms with Crippen LogP contribution in [0.25, 0.3) is 0 Å². The van der Waals surface area contributed by atoms with E-state index in [1.54, 1.807) is 63.6 Å². The Hall–Kier alpha value is -3.42. The lowest BCUT2D eigenvalue weighted by molar-refractivity contribution is -0.120. The Morgan fingerprint density at radius 2 is 1.61 bits per heavy atom. The maximum Gasteiger partial charge on any atom is 0.321 e. The van der Waals surface area contributed by atoms with Crippen LogP contribution in [-0.4, -0.2) is 38.2 Å². The second kappa shape index (κ2) is 10.6. The smallest absolute Gasteiger partial charge is 0.321 e. The molecule has 1 aliphatic rings. The van der Waals surface area contributed by atoms with Gasteiger partial charge in [-0.1, -0.05) is 12.8 Å². The molecular formula is C23H29N3O5. The minimum absolute atomic E-state index is 0.148. The quantitative estimate of drug-likeness (QED) is 0.588. The van der Waals surface area contributed by atoms with Crippen LogP contribution in [0.3, 0.4) is 0 Å². The standard InChI is InChI=1S/C23H29N3O5/c1-15(22(27)26-23(28)25-16-6-4-5-7-16)24-17-8-13-20(30-3)21(14-17)31-19-11-9-18(29-2)10-12-19/h8-16,24H,4-7H2,1-3H3,(H2,25,26,27,28)/t15-/m1/s1. The van der Waals surface area contributed by atoms with Gasteiger partial charge in [0, 0.05) is 17.8 Å². The molecule has 31 heavy (non-hydrogen) atoms. The number of ether oxygens (including phenoxy) is 3. The highest BCUT2D eigenvalue weighted by Crippen LogP contribution is 2.34. The molecule has 8 nitrogen and oxygen atoms in total. The summed E-state index contributed by atoms with van der Waals surface area (Å²) in [6.07, 6.45) is 4.13. The fourth-order valence-electron chi connectivity index (χ4n) is 3.44. The van der Waals surface area contributed by atoms with Gasteiger partial charge in [-0.05, 0) is 56.2 Å². The Balaban J connectivity index is 1.61. The molecule has 3 rings (SSSR count). The third-order valence-corrected chi connectivity index (χ3v) is 5.15. The first kappa shape index (κ1) is 22.3. The molecule has 0 saturated heterocycles. The van der Waals surface area contributed by atoms with E-state index in [0.717, 1.165) is 31.4 Å². The second-order valence-corrected chi connectivity index (χ2v) is 7.45. The molecule has 1 fully saturated rings. The van der Waals surface area contributed by atoms with Crippen LogP contribution in [0.4, 0.5) is 10.5 Å². The molecule has 1 aliphatic carbocycles. The van der Waals surface area contributed by atoms with Gasteiger partial charge in [-0.2, -0.15) is 0 Å². The summed E-state index contributed by atoms with van der Waals surface area (Å²) in [7, 11) is 3.16. The lowest BCUT2D eigenvalue weighted by atomic mass is 10.2. The summed E-state index contributed by atoms with van der Waals surface area (Å²) >= 11 is 0. The van der Waals surface area contributed by atoms with E-state index in [-0.39, 0.29) is 6.04 Å². The average Bonchev–Trinajstić information content (AvgIpc) is 3.27. The first-order chi connectivity index (χ1) is 15.0. The monoisotopic (exact) mass is 427 g/mol. The molecule has 0 radical (unpaired) electrons. The number of methoxy groups -OCH3 is 2. The summed E-state index contributed by atoms with van der Waals surface area (Å²) in [5.41, 5.74) is 0.656. The van der Waals surface area contributed by atoms with Crippen LogP contribution in [0.15, 0.2) is 42.5 Å². The summed E-state index contributed by atoms with van der Waals surface area (Å²) in [6, 6.07) is 11.5. The van der Waals surface area contributed by atoms with Gasteiger partial charge in [0.2, 0.25) is 5.91 Å². The number of hydrogen-bond acceptors (Lipinski definition) is 6. The molecule has 166 valence electrons. The molecule has 0 aromatic heterocycles. The van der Waals surface area contributed by atoms with Crippen LogP contribution >= 0.6 is 0 Å². The molecular weight excluding hydrogens is 398 g/mol. The van der Waals surface area contributed by atoms with Crippen molar-refractivity contribution in [3.63, 3.8) is 0 Å². The van der Waals surface area contributed by atoms with Crippen molar-refractivity contribution < 1.29 is 23.8 Å². The molecule has 3 amide bonds. The van der Waals surface area contributed by atoms with E-state index in [1.165, 1.54) is 0 Å². The Labute approximate surface area is 182 Å². The zero-order valence-electron chi connectivity index (χ0n) is 18.1. The van der Waals surface area contributed by atoms with Crippen LogP contribution in [0.1, 0.15) is 32.6 Å². The van der Waals surface area contributed by atoms with E-state index in [1.807, 2.05) is 0 Å². The van der Waals surface area contributed by atoms with Crippen molar-refractivity contribution >= 4 is 17.6 Å². The zero-order valence-corrected chi connectivity index (χ0v) is 18.1. The molecule has 0 aliphatic heterocycles. The van der Waals surface area contributed by atoms with Crippen LogP contribution in [-0.2, 0) is 4.79 Å². The van der Waals surface area contributed by atoms with Crippen molar-refractivity contribution in [2.75, 3.05) is 19.5 Å². The molecule has 0 bridgehead atoms. The number of imide groups is 1. The number of urea groups is 1. The summed E-state index contributed by atoms with van der Waals surface area (Å²) in [4.78, 5) is 24.4. The van der Waals surface area contributed by atoms with Crippen molar-refractivity contribution in [1.82, 2.24) is 10.6 Å². The van der Waals surface area contributed by atoms with Gasteiger partial charge >= 0.3 is 6.03 Å². The Morgan fingerprint density at radius 3 is 2.26 bits per heavy atom. The van der Waals surface area contributed by atoms with Gasteiger partial charge in [-0.25, -0.2) is 4.79 Å². The largest absolute Gasteiger partial charge is 0.497 e. The van der Waals surface area contributed by atoms with Crippen LogP contribution < -0.4 is 30.2 Å². The second-order valence-electron chi connectivity index (χ2n) is 7.45. The van der Waals surface area contributed by atoms with Crippen molar-refractivity contribution in [3.05, 3.63) is 42.5 Å². The van der Waals surface area contributed by atoms with E-state index in [9.17, 15) is 9.59 Å². The van der Waals surface area contributed by atoms with Gasteiger partial charge < -0.3 is 24.8 Å². The first-order valence-electron chi connectivity index (χ1n) is 10.4. The molecule has 2 aromatic carbocycles. The van der Waals surface area contributed by atoms with Crippen molar-refractivity contribution in [2.24, 2.45) is 0 Å². The highest BCUT2D eigenvalue weighted by molar-refractivity contribution is 5.98. The minimum atomic E-state index is -0.628. The normalized spacial score (nSPS) is 14.4. The zero-order chi connectivity index (χ0) is 22.2. The van der Waals surface area contributed by atoms with Crippen molar-refractivity contribution in [1.29, 1.82) is 0 Å². The number of amides is 3. The third kappa shape index (κ3) is 6.28. The van der Waals surface area contributed by atoms with Gasteiger partial charge in [0.05, 0.1) is 14.2 Å². The van der Waals surface area contributed by atoms with Gasteiger partial charge in [0.1, 0.15) is 17.5 Å². The van der Waals surface area contributed by atoms with E-state index >= 15 is 0 Å². The summed E-state index contributed by atoms with van der Waals surface area (Å²) < 4.78 is 16.5. The lowest BCUT2D eigenvalue weighted by Crippen LogP contribution is -2.48. The van der Waals surface area contributed by atoms with Crippen LogP contribution in [0.2, 0.25) is 0 Å². The number of benzene rings is 2. The van der Waals surface area contributed by atoms with Crippen LogP contribution in [0.5, 0.6) is 23.0 Å². The van der Waals surface area contributed by atoms with E-state index in [0.29, 0.717) is 22.9 Å². The van der Waals surface area contributed by atoms with Gasteiger partial charge in [-0.3, -0.25) is 10.1 Å². The van der Waals surface area contributed by atoms with Gasteiger partial charge in [-0.15, -0.1) is 0 Å². The minimum Gasteiger partial charge on any atom is -0.497 e. The predicted octanol–water partition coefficient (Wildman–Crippen LogP) is 4.06. The SMILES string of the molecule is COc1ccc(Oc2cc(N[C@H](C)C(=O)NC(=O)NC3CCCC3)ccc2OC)cc1.